The Kier molecular flexibility index (Phi) is 5.47. The van der Waals surface area contributed by atoms with Gasteiger partial charge in [0.2, 0.25) is 0 Å². The maximum absolute atomic E-state index is 5.19. The van der Waals surface area contributed by atoms with E-state index in [4.69, 9.17) is 4.98 Å². The van der Waals surface area contributed by atoms with Gasteiger partial charge in [0.25, 0.3) is 0 Å². The lowest BCUT2D eigenvalue weighted by atomic mass is 10.00. The molecule has 0 atom stereocenters. The zero-order valence-corrected chi connectivity index (χ0v) is 28.0. The summed E-state index contributed by atoms with van der Waals surface area (Å²) in [5.74, 6) is 0.947. The van der Waals surface area contributed by atoms with E-state index in [0.717, 1.165) is 27.9 Å². The molecule has 52 heavy (non-hydrogen) atoms. The van der Waals surface area contributed by atoms with E-state index in [1.807, 2.05) is 18.6 Å². The molecule has 1 aliphatic rings. The summed E-state index contributed by atoms with van der Waals surface area (Å²) in [5.41, 5.74) is 13.1. The Morgan fingerprint density at radius 3 is 1.98 bits per heavy atom. The van der Waals surface area contributed by atoms with Crippen molar-refractivity contribution in [3.8, 4) is 44.9 Å². The Balaban J connectivity index is 1.08. The van der Waals surface area contributed by atoms with Crippen LogP contribution >= 0.6 is 0 Å². The fourth-order valence-corrected chi connectivity index (χ4v) is 8.93. The molecule has 1 aliphatic carbocycles. The van der Waals surface area contributed by atoms with Gasteiger partial charge in [0.15, 0.2) is 0 Å². The van der Waals surface area contributed by atoms with Crippen molar-refractivity contribution >= 4 is 65.2 Å². The lowest BCUT2D eigenvalue weighted by molar-refractivity contribution is 1.10. The molecule has 7 aromatic carbocycles. The van der Waals surface area contributed by atoms with Gasteiger partial charge in [-0.05, 0) is 76.2 Å². The molecule has 12 rings (SSSR count). The van der Waals surface area contributed by atoms with Crippen LogP contribution in [0.15, 0.2) is 170 Å². The van der Waals surface area contributed by atoms with Crippen LogP contribution < -0.4 is 0 Å². The summed E-state index contributed by atoms with van der Waals surface area (Å²) < 4.78 is 4.77. The first-order valence-electron chi connectivity index (χ1n) is 17.7. The van der Waals surface area contributed by atoms with Crippen molar-refractivity contribution < 1.29 is 0 Å². The normalized spacial score (nSPS) is 12.2. The Hall–Kier alpha value is -7.04. The van der Waals surface area contributed by atoms with Crippen LogP contribution in [-0.4, -0.2) is 19.1 Å². The Labute approximate surface area is 298 Å². The molecule has 4 nitrogen and oxygen atoms in total. The molecule has 4 heteroatoms. The van der Waals surface area contributed by atoms with Gasteiger partial charge in [0.1, 0.15) is 5.82 Å². The monoisotopic (exact) mass is 660 g/mol. The van der Waals surface area contributed by atoms with Crippen LogP contribution in [-0.2, 0) is 0 Å². The summed E-state index contributed by atoms with van der Waals surface area (Å²) in [6, 6.07) is 55.2. The highest BCUT2D eigenvalue weighted by molar-refractivity contribution is 6.20. The van der Waals surface area contributed by atoms with Gasteiger partial charge in [-0.1, -0.05) is 103 Å². The summed E-state index contributed by atoms with van der Waals surface area (Å²) in [6.07, 6.45) is 5.90. The average molecular weight is 661 g/mol. The predicted molar refractivity (Wildman–Crippen MR) is 216 cm³/mol. The van der Waals surface area contributed by atoms with Gasteiger partial charge in [-0.3, -0.25) is 9.55 Å². The molecule has 0 unspecified atom stereocenters. The van der Waals surface area contributed by atoms with Gasteiger partial charge < -0.3 is 4.57 Å². The van der Waals surface area contributed by atoms with Crippen LogP contribution in [0.5, 0.6) is 0 Å². The average Bonchev–Trinajstić information content (AvgIpc) is 3.85. The van der Waals surface area contributed by atoms with Crippen molar-refractivity contribution in [2.24, 2.45) is 0 Å². The van der Waals surface area contributed by atoms with Crippen LogP contribution in [0.4, 0.5) is 0 Å². The van der Waals surface area contributed by atoms with Gasteiger partial charge >= 0.3 is 0 Å². The van der Waals surface area contributed by atoms with Crippen LogP contribution in [0, 0.1) is 0 Å². The second-order valence-electron chi connectivity index (χ2n) is 13.8. The first kappa shape index (κ1) is 27.7. The maximum atomic E-state index is 5.19. The molecule has 4 heterocycles. The largest absolute Gasteiger partial charge is 0.309 e. The molecule has 0 amide bonds. The van der Waals surface area contributed by atoms with E-state index >= 15 is 0 Å². The molecule has 0 spiro atoms. The number of aromatic nitrogens is 4. The lowest BCUT2D eigenvalue weighted by Crippen LogP contribution is -1.99. The third-order valence-electron chi connectivity index (χ3n) is 11.2. The van der Waals surface area contributed by atoms with Crippen molar-refractivity contribution in [3.63, 3.8) is 0 Å². The molecule has 0 fully saturated rings. The first-order valence-corrected chi connectivity index (χ1v) is 17.7. The molecule has 0 N–H and O–H groups in total. The molecule has 11 aromatic rings. The van der Waals surface area contributed by atoms with Crippen LogP contribution in [0.1, 0.15) is 0 Å². The molecule has 4 aromatic heterocycles. The Morgan fingerprint density at radius 2 is 1.12 bits per heavy atom. The number of hydrogen-bond donors (Lipinski definition) is 0. The standard InChI is InChI=1S/C48H28N4/c1-2-10-32(11-3-1)51-44-21-18-31(26-40(44)37-20-17-29-9-4-5-12-33(29)47(37)51)30-19-22-45-39(25-30)35-13-6-7-16-43(35)52(45)48-38-15-8-14-36-41-27-49-24-23-34(41)42(28-50-48)46(36)38/h1-28H. The number of para-hydroxylation sites is 2. The van der Waals surface area contributed by atoms with Crippen molar-refractivity contribution in [1.82, 2.24) is 19.1 Å². The first-order chi connectivity index (χ1) is 25.8. The molecule has 0 saturated heterocycles. The summed E-state index contributed by atoms with van der Waals surface area (Å²) >= 11 is 0. The van der Waals surface area contributed by atoms with Gasteiger partial charge in [0.05, 0.1) is 22.1 Å². The van der Waals surface area contributed by atoms with Crippen molar-refractivity contribution in [2.45, 2.75) is 0 Å². The van der Waals surface area contributed by atoms with Crippen LogP contribution in [0.3, 0.4) is 0 Å². The highest BCUT2D eigenvalue weighted by Crippen LogP contribution is 2.48. The highest BCUT2D eigenvalue weighted by Gasteiger charge is 2.25. The third kappa shape index (κ3) is 3.65. The predicted octanol–water partition coefficient (Wildman–Crippen LogP) is 12.3. The minimum atomic E-state index is 0.947. The highest BCUT2D eigenvalue weighted by atomic mass is 15.1. The van der Waals surface area contributed by atoms with Gasteiger partial charge in [-0.25, -0.2) is 4.98 Å². The molecule has 0 bridgehead atoms. The van der Waals surface area contributed by atoms with E-state index in [1.54, 1.807) is 0 Å². The number of nitrogens with zero attached hydrogens (tertiary/aromatic N) is 4. The van der Waals surface area contributed by atoms with E-state index in [1.165, 1.54) is 82.1 Å². The second kappa shape index (κ2) is 10.3. The molecular weight excluding hydrogens is 633 g/mol. The number of rotatable bonds is 3. The number of pyridine rings is 2. The number of hydrogen-bond acceptors (Lipinski definition) is 2. The summed E-state index contributed by atoms with van der Waals surface area (Å²) in [5, 5.41) is 9.82. The Morgan fingerprint density at radius 1 is 0.404 bits per heavy atom. The minimum Gasteiger partial charge on any atom is -0.309 e. The fourth-order valence-electron chi connectivity index (χ4n) is 8.93. The summed E-state index contributed by atoms with van der Waals surface area (Å²) in [4.78, 5) is 9.63. The van der Waals surface area contributed by atoms with Crippen LogP contribution in [0.25, 0.3) is 110 Å². The molecule has 0 aliphatic heterocycles. The number of benzene rings is 7. The van der Waals surface area contributed by atoms with Gasteiger partial charge in [-0.2, -0.15) is 0 Å². The zero-order valence-electron chi connectivity index (χ0n) is 28.0. The second-order valence-corrected chi connectivity index (χ2v) is 13.8. The fraction of sp³-hybridized carbons (Fsp3) is 0. The van der Waals surface area contributed by atoms with E-state index < -0.39 is 0 Å². The quantitative estimate of drug-likeness (QED) is 0.189. The molecule has 240 valence electrons. The van der Waals surface area contributed by atoms with Crippen molar-refractivity contribution in [2.75, 3.05) is 0 Å². The van der Waals surface area contributed by atoms with Crippen molar-refractivity contribution in [1.29, 1.82) is 0 Å². The van der Waals surface area contributed by atoms with E-state index in [-0.39, 0.29) is 0 Å². The van der Waals surface area contributed by atoms with Crippen molar-refractivity contribution in [3.05, 3.63) is 170 Å². The SMILES string of the molecule is c1ccc(-n2c3ccc(-c4ccc5c(c4)c4ccccc4n5-c4ncc5c6c(cccc46)-c4cnccc4-5)cc3c3ccc4ccccc4c32)cc1. The lowest BCUT2D eigenvalue weighted by Gasteiger charge is -2.12. The Bertz CT molecular complexity index is 3260. The third-order valence-corrected chi connectivity index (χ3v) is 11.2. The molecular formula is C48H28N4. The van der Waals surface area contributed by atoms with E-state index in [9.17, 15) is 0 Å². The molecule has 0 radical (unpaired) electrons. The maximum Gasteiger partial charge on any atom is 0.145 e. The molecule has 0 saturated carbocycles. The summed E-state index contributed by atoms with van der Waals surface area (Å²) in [7, 11) is 0. The smallest absolute Gasteiger partial charge is 0.145 e. The van der Waals surface area contributed by atoms with Gasteiger partial charge in [-0.15, -0.1) is 0 Å². The minimum absolute atomic E-state index is 0.947. The van der Waals surface area contributed by atoms with E-state index in [2.05, 4.69) is 166 Å². The van der Waals surface area contributed by atoms with Crippen LogP contribution in [0.2, 0.25) is 0 Å². The number of fused-ring (bicyclic) bond motifs is 11. The topological polar surface area (TPSA) is 35.6 Å². The zero-order chi connectivity index (χ0) is 33.9. The van der Waals surface area contributed by atoms with E-state index in [0.29, 0.717) is 0 Å². The summed E-state index contributed by atoms with van der Waals surface area (Å²) in [6.45, 7) is 0. The van der Waals surface area contributed by atoms with Gasteiger partial charge in [0, 0.05) is 73.1 Å².